The van der Waals surface area contributed by atoms with Crippen LogP contribution in [0.5, 0.6) is 5.75 Å². The Kier molecular flexibility index (Phi) is 6.93. The molecule has 2 amide bonds. The largest absolute Gasteiger partial charge is 0.496 e. The number of carbonyl (C=O) groups is 3. The van der Waals surface area contributed by atoms with Crippen LogP contribution in [0, 0.1) is 13.8 Å². The summed E-state index contributed by atoms with van der Waals surface area (Å²) in [7, 11) is 1.45. The van der Waals surface area contributed by atoms with E-state index in [-0.39, 0.29) is 6.54 Å². The molecule has 0 heterocycles. The van der Waals surface area contributed by atoms with E-state index in [0.717, 1.165) is 11.1 Å². The van der Waals surface area contributed by atoms with Gasteiger partial charge in [-0.2, -0.15) is 0 Å². The smallest absolute Gasteiger partial charge is 0.325 e. The van der Waals surface area contributed by atoms with E-state index in [1.165, 1.54) is 7.11 Å². The predicted octanol–water partition coefficient (Wildman–Crippen LogP) is 2.22. The van der Waals surface area contributed by atoms with E-state index in [1.807, 2.05) is 26.0 Å². The summed E-state index contributed by atoms with van der Waals surface area (Å²) in [6, 6.07) is 12.1. The maximum Gasteiger partial charge on any atom is 0.325 e. The van der Waals surface area contributed by atoms with Gasteiger partial charge >= 0.3 is 5.97 Å². The zero-order valence-corrected chi connectivity index (χ0v) is 15.5. The molecule has 2 N–H and O–H groups in total. The predicted molar refractivity (Wildman–Crippen MR) is 101 cm³/mol. The Morgan fingerprint density at radius 2 is 1.74 bits per heavy atom. The SMILES string of the molecule is COc1ccccc1C(=O)NCC(=O)OCC(=O)Nc1ccc(C)c(C)c1. The molecule has 0 aliphatic rings. The highest BCUT2D eigenvalue weighted by Gasteiger charge is 2.14. The molecular formula is C20H22N2O5. The first-order chi connectivity index (χ1) is 12.9. The first-order valence-electron chi connectivity index (χ1n) is 8.34. The highest BCUT2D eigenvalue weighted by Crippen LogP contribution is 2.16. The molecule has 2 rings (SSSR count). The lowest BCUT2D eigenvalue weighted by Gasteiger charge is -2.10. The topological polar surface area (TPSA) is 93.7 Å². The third kappa shape index (κ3) is 5.85. The van der Waals surface area contributed by atoms with E-state index >= 15 is 0 Å². The third-order valence-electron chi connectivity index (χ3n) is 3.90. The van der Waals surface area contributed by atoms with Crippen molar-refractivity contribution in [1.82, 2.24) is 5.32 Å². The standard InChI is InChI=1S/C20H22N2O5/c1-13-8-9-15(10-14(13)2)22-18(23)12-27-19(24)11-21-20(25)16-6-4-5-7-17(16)26-3/h4-10H,11-12H2,1-3H3,(H,21,25)(H,22,23). The van der Waals surface area contributed by atoms with Crippen molar-refractivity contribution in [2.24, 2.45) is 0 Å². The fraction of sp³-hybridized carbons (Fsp3) is 0.250. The fourth-order valence-electron chi connectivity index (χ4n) is 2.29. The summed E-state index contributed by atoms with van der Waals surface area (Å²) >= 11 is 0. The molecule has 7 nitrogen and oxygen atoms in total. The van der Waals surface area contributed by atoms with Gasteiger partial charge in [0.05, 0.1) is 12.7 Å². The van der Waals surface area contributed by atoms with Crippen LogP contribution in [-0.2, 0) is 14.3 Å². The molecule has 27 heavy (non-hydrogen) atoms. The van der Waals surface area contributed by atoms with Gasteiger partial charge in [0.15, 0.2) is 6.61 Å². The molecular weight excluding hydrogens is 348 g/mol. The Hall–Kier alpha value is -3.35. The lowest BCUT2D eigenvalue weighted by atomic mass is 10.1. The van der Waals surface area contributed by atoms with Crippen LogP contribution in [0.2, 0.25) is 0 Å². The summed E-state index contributed by atoms with van der Waals surface area (Å²) in [5, 5.41) is 5.09. The summed E-state index contributed by atoms with van der Waals surface area (Å²) < 4.78 is 9.97. The molecule has 0 unspecified atom stereocenters. The Bertz CT molecular complexity index is 848. The lowest BCUT2D eigenvalue weighted by molar-refractivity contribution is -0.146. The van der Waals surface area contributed by atoms with Crippen LogP contribution in [-0.4, -0.2) is 38.0 Å². The van der Waals surface area contributed by atoms with E-state index in [4.69, 9.17) is 9.47 Å². The van der Waals surface area contributed by atoms with Crippen LogP contribution in [0.4, 0.5) is 5.69 Å². The minimum absolute atomic E-state index is 0.306. The number of ether oxygens (including phenoxy) is 2. The Labute approximate surface area is 157 Å². The van der Waals surface area contributed by atoms with Gasteiger partial charge in [-0.15, -0.1) is 0 Å². The molecule has 2 aromatic carbocycles. The van der Waals surface area contributed by atoms with Crippen LogP contribution in [0.3, 0.4) is 0 Å². The number of carbonyl (C=O) groups excluding carboxylic acids is 3. The number of hydrogen-bond acceptors (Lipinski definition) is 5. The van der Waals surface area contributed by atoms with Crippen molar-refractivity contribution in [3.05, 3.63) is 59.2 Å². The summed E-state index contributed by atoms with van der Waals surface area (Å²) in [4.78, 5) is 35.7. The molecule has 0 atom stereocenters. The number of nitrogens with one attached hydrogen (secondary N) is 2. The van der Waals surface area contributed by atoms with Crippen LogP contribution >= 0.6 is 0 Å². The number of esters is 1. The Morgan fingerprint density at radius 1 is 1.00 bits per heavy atom. The molecule has 0 bridgehead atoms. The second-order valence-corrected chi connectivity index (χ2v) is 5.89. The van der Waals surface area contributed by atoms with E-state index in [9.17, 15) is 14.4 Å². The Balaban J connectivity index is 1.77. The number of amides is 2. The van der Waals surface area contributed by atoms with Crippen molar-refractivity contribution < 1.29 is 23.9 Å². The van der Waals surface area contributed by atoms with Crippen molar-refractivity contribution in [3.8, 4) is 5.75 Å². The summed E-state index contributed by atoms with van der Waals surface area (Å²) in [5.74, 6) is -1.24. The second-order valence-electron chi connectivity index (χ2n) is 5.89. The van der Waals surface area contributed by atoms with Crippen LogP contribution in [0.1, 0.15) is 21.5 Å². The van der Waals surface area contributed by atoms with Gasteiger partial charge in [-0.1, -0.05) is 18.2 Å². The third-order valence-corrected chi connectivity index (χ3v) is 3.90. The van der Waals surface area contributed by atoms with Gasteiger partial charge in [0.2, 0.25) is 0 Å². The maximum absolute atomic E-state index is 12.1. The molecule has 7 heteroatoms. The zero-order chi connectivity index (χ0) is 19.8. The summed E-state index contributed by atoms with van der Waals surface area (Å²) in [6.45, 7) is 3.13. The number of benzene rings is 2. The van der Waals surface area contributed by atoms with E-state index < -0.39 is 24.4 Å². The highest BCUT2D eigenvalue weighted by molar-refractivity contribution is 5.98. The summed E-state index contributed by atoms with van der Waals surface area (Å²) in [6.07, 6.45) is 0. The van der Waals surface area contributed by atoms with Crippen LogP contribution < -0.4 is 15.4 Å². The minimum atomic E-state index is -0.714. The van der Waals surface area contributed by atoms with E-state index in [0.29, 0.717) is 17.0 Å². The van der Waals surface area contributed by atoms with Crippen LogP contribution in [0.25, 0.3) is 0 Å². The van der Waals surface area contributed by atoms with Gasteiger partial charge in [-0.3, -0.25) is 14.4 Å². The van der Waals surface area contributed by atoms with Crippen molar-refractivity contribution in [2.75, 3.05) is 25.6 Å². The number of hydrogen-bond donors (Lipinski definition) is 2. The molecule has 0 aliphatic carbocycles. The van der Waals surface area contributed by atoms with Gasteiger partial charge in [0.1, 0.15) is 12.3 Å². The minimum Gasteiger partial charge on any atom is -0.496 e. The summed E-state index contributed by atoms with van der Waals surface area (Å²) in [5.41, 5.74) is 3.10. The highest BCUT2D eigenvalue weighted by atomic mass is 16.5. The first kappa shape index (κ1) is 20.0. The average Bonchev–Trinajstić information content (AvgIpc) is 2.67. The van der Waals surface area contributed by atoms with Gasteiger partial charge in [-0.25, -0.2) is 0 Å². The second kappa shape index (κ2) is 9.38. The maximum atomic E-state index is 12.1. The van der Waals surface area contributed by atoms with Crippen molar-refractivity contribution in [3.63, 3.8) is 0 Å². The molecule has 0 saturated heterocycles. The van der Waals surface area contributed by atoms with Gasteiger partial charge in [-0.05, 0) is 49.2 Å². The molecule has 0 saturated carbocycles. The number of anilines is 1. The molecule has 2 aromatic rings. The number of para-hydroxylation sites is 1. The van der Waals surface area contributed by atoms with Crippen molar-refractivity contribution in [1.29, 1.82) is 0 Å². The number of rotatable bonds is 7. The fourth-order valence-corrected chi connectivity index (χ4v) is 2.29. The van der Waals surface area contributed by atoms with Gasteiger partial charge in [0, 0.05) is 5.69 Å². The average molecular weight is 370 g/mol. The molecule has 0 radical (unpaired) electrons. The molecule has 0 fully saturated rings. The van der Waals surface area contributed by atoms with Crippen molar-refractivity contribution in [2.45, 2.75) is 13.8 Å². The van der Waals surface area contributed by atoms with Crippen LogP contribution in [0.15, 0.2) is 42.5 Å². The monoisotopic (exact) mass is 370 g/mol. The number of methoxy groups -OCH3 is 1. The van der Waals surface area contributed by atoms with Gasteiger partial charge < -0.3 is 20.1 Å². The normalized spacial score (nSPS) is 10.0. The quantitative estimate of drug-likeness (QED) is 0.729. The van der Waals surface area contributed by atoms with E-state index in [1.54, 1.807) is 30.3 Å². The lowest BCUT2D eigenvalue weighted by Crippen LogP contribution is -2.32. The van der Waals surface area contributed by atoms with E-state index in [2.05, 4.69) is 10.6 Å². The number of aryl methyl sites for hydroxylation is 2. The zero-order valence-electron chi connectivity index (χ0n) is 15.5. The Morgan fingerprint density at radius 3 is 2.44 bits per heavy atom. The molecule has 0 aromatic heterocycles. The molecule has 142 valence electrons. The molecule has 0 aliphatic heterocycles. The van der Waals surface area contributed by atoms with Crippen molar-refractivity contribution >= 4 is 23.5 Å². The molecule has 0 spiro atoms. The first-order valence-corrected chi connectivity index (χ1v) is 8.34. The van der Waals surface area contributed by atoms with Gasteiger partial charge in [0.25, 0.3) is 11.8 Å².